The van der Waals surface area contributed by atoms with Crippen LogP contribution in [0.2, 0.25) is 0 Å². The van der Waals surface area contributed by atoms with Crippen molar-refractivity contribution in [3.8, 4) is 11.5 Å². The topological polar surface area (TPSA) is 63.2 Å². The molecule has 0 spiro atoms. The highest BCUT2D eigenvalue weighted by Crippen LogP contribution is 2.20. The molecule has 2 heterocycles. The molecule has 1 aliphatic rings. The maximum absolute atomic E-state index is 12.2. The number of nitrogens with one attached hydrogen (secondary N) is 2. The van der Waals surface area contributed by atoms with Gasteiger partial charge in [0.25, 0.3) is 5.91 Å². The van der Waals surface area contributed by atoms with Gasteiger partial charge in [-0.3, -0.25) is 9.78 Å². The number of piperidine rings is 1. The lowest BCUT2D eigenvalue weighted by atomic mass is 10.1. The van der Waals surface area contributed by atoms with Gasteiger partial charge in [0.1, 0.15) is 11.5 Å². The third-order valence-electron chi connectivity index (χ3n) is 3.66. The Balaban J connectivity index is 1.59. The normalized spacial score (nSPS) is 15.3. The molecule has 2 aromatic rings. The Hall–Kier alpha value is -2.40. The van der Waals surface area contributed by atoms with Gasteiger partial charge in [-0.25, -0.2) is 0 Å². The van der Waals surface area contributed by atoms with Gasteiger partial charge in [-0.05, 0) is 62.3 Å². The number of nitrogens with zero attached hydrogens (tertiary/aromatic N) is 1. The third kappa shape index (κ3) is 3.83. The van der Waals surface area contributed by atoms with E-state index in [1.165, 1.54) is 0 Å². The van der Waals surface area contributed by atoms with E-state index in [-0.39, 0.29) is 11.9 Å². The molecule has 1 aliphatic heterocycles. The van der Waals surface area contributed by atoms with Crippen LogP contribution < -0.4 is 15.4 Å². The number of amides is 1. The number of pyridine rings is 1. The van der Waals surface area contributed by atoms with Crippen molar-refractivity contribution in [3.63, 3.8) is 0 Å². The summed E-state index contributed by atoms with van der Waals surface area (Å²) in [5, 5.41) is 6.36. The monoisotopic (exact) mass is 297 g/mol. The lowest BCUT2D eigenvalue weighted by Crippen LogP contribution is -2.42. The minimum atomic E-state index is -0.0279. The number of carbonyl (C=O) groups excluding carboxylic acids is 1. The fourth-order valence-electron chi connectivity index (χ4n) is 2.45. The predicted octanol–water partition coefficient (Wildman–Crippen LogP) is 2.36. The van der Waals surface area contributed by atoms with E-state index in [1.54, 1.807) is 36.7 Å². The van der Waals surface area contributed by atoms with Crippen LogP contribution in [0.4, 0.5) is 0 Å². The zero-order valence-corrected chi connectivity index (χ0v) is 12.3. The van der Waals surface area contributed by atoms with Crippen LogP contribution in [-0.2, 0) is 0 Å². The molecule has 0 unspecified atom stereocenters. The Labute approximate surface area is 129 Å². The smallest absolute Gasteiger partial charge is 0.251 e. The van der Waals surface area contributed by atoms with Crippen molar-refractivity contribution in [2.75, 3.05) is 13.1 Å². The quantitative estimate of drug-likeness (QED) is 0.909. The lowest BCUT2D eigenvalue weighted by Gasteiger charge is -2.23. The third-order valence-corrected chi connectivity index (χ3v) is 3.66. The van der Waals surface area contributed by atoms with E-state index >= 15 is 0 Å². The number of rotatable bonds is 4. The van der Waals surface area contributed by atoms with Crippen LogP contribution in [0, 0.1) is 0 Å². The van der Waals surface area contributed by atoms with Gasteiger partial charge in [-0.2, -0.15) is 0 Å². The van der Waals surface area contributed by atoms with E-state index in [0.717, 1.165) is 25.9 Å². The van der Waals surface area contributed by atoms with Crippen LogP contribution in [-0.4, -0.2) is 30.0 Å². The summed E-state index contributed by atoms with van der Waals surface area (Å²) in [6.45, 7) is 1.92. The second-order valence-electron chi connectivity index (χ2n) is 5.31. The van der Waals surface area contributed by atoms with E-state index in [4.69, 9.17) is 4.74 Å². The van der Waals surface area contributed by atoms with Gasteiger partial charge in [0.15, 0.2) is 0 Å². The summed E-state index contributed by atoms with van der Waals surface area (Å²) >= 11 is 0. The van der Waals surface area contributed by atoms with Crippen LogP contribution in [0.5, 0.6) is 11.5 Å². The Bertz CT molecular complexity index is 608. The van der Waals surface area contributed by atoms with E-state index in [9.17, 15) is 4.79 Å². The fourth-order valence-corrected chi connectivity index (χ4v) is 2.45. The predicted molar refractivity (Wildman–Crippen MR) is 84.1 cm³/mol. The number of carbonyl (C=O) groups is 1. The molecule has 0 atom stereocenters. The van der Waals surface area contributed by atoms with Gasteiger partial charge in [0.2, 0.25) is 0 Å². The van der Waals surface area contributed by atoms with Crippen LogP contribution in [0.3, 0.4) is 0 Å². The SMILES string of the molecule is O=C(NC1CCNCC1)c1ccc(Oc2cccnc2)cc1. The first-order chi connectivity index (χ1) is 10.8. The van der Waals surface area contributed by atoms with E-state index < -0.39 is 0 Å². The molecule has 114 valence electrons. The number of hydrogen-bond donors (Lipinski definition) is 2. The minimum Gasteiger partial charge on any atom is -0.456 e. The van der Waals surface area contributed by atoms with E-state index in [1.807, 2.05) is 12.1 Å². The standard InChI is InChI=1S/C17H19N3O2/c21-17(20-14-7-10-18-11-8-14)13-3-5-15(6-4-13)22-16-2-1-9-19-12-16/h1-6,9,12,14,18H,7-8,10-11H2,(H,20,21). The Morgan fingerprint density at radius 2 is 1.91 bits per heavy atom. The molecule has 1 fully saturated rings. The molecular formula is C17H19N3O2. The first-order valence-corrected chi connectivity index (χ1v) is 7.51. The summed E-state index contributed by atoms with van der Waals surface area (Å²) in [5.41, 5.74) is 0.650. The lowest BCUT2D eigenvalue weighted by molar-refractivity contribution is 0.0929. The Morgan fingerprint density at radius 1 is 1.14 bits per heavy atom. The van der Waals surface area contributed by atoms with Crippen molar-refractivity contribution in [2.45, 2.75) is 18.9 Å². The van der Waals surface area contributed by atoms with Gasteiger partial charge in [0.05, 0.1) is 6.20 Å². The first kappa shape index (κ1) is 14.5. The summed E-state index contributed by atoms with van der Waals surface area (Å²) in [7, 11) is 0. The largest absolute Gasteiger partial charge is 0.456 e. The van der Waals surface area contributed by atoms with E-state index in [0.29, 0.717) is 17.1 Å². The molecule has 5 heteroatoms. The number of benzene rings is 1. The molecule has 1 amide bonds. The molecule has 5 nitrogen and oxygen atoms in total. The summed E-state index contributed by atoms with van der Waals surface area (Å²) in [6, 6.07) is 11.1. The number of aromatic nitrogens is 1. The average Bonchev–Trinajstić information content (AvgIpc) is 2.57. The number of hydrogen-bond acceptors (Lipinski definition) is 4. The van der Waals surface area contributed by atoms with Crippen LogP contribution in [0.1, 0.15) is 23.2 Å². The van der Waals surface area contributed by atoms with Gasteiger partial charge >= 0.3 is 0 Å². The fraction of sp³-hybridized carbons (Fsp3) is 0.294. The van der Waals surface area contributed by atoms with Gasteiger partial charge in [-0.15, -0.1) is 0 Å². The molecule has 3 rings (SSSR count). The van der Waals surface area contributed by atoms with Crippen molar-refractivity contribution in [1.82, 2.24) is 15.6 Å². The van der Waals surface area contributed by atoms with Gasteiger partial charge in [-0.1, -0.05) is 0 Å². The molecule has 0 aliphatic carbocycles. The van der Waals surface area contributed by atoms with Crippen molar-refractivity contribution >= 4 is 5.91 Å². The zero-order chi connectivity index (χ0) is 15.2. The highest BCUT2D eigenvalue weighted by molar-refractivity contribution is 5.94. The molecule has 2 N–H and O–H groups in total. The summed E-state index contributed by atoms with van der Waals surface area (Å²) < 4.78 is 5.66. The van der Waals surface area contributed by atoms with Crippen LogP contribution in [0.15, 0.2) is 48.8 Å². The maximum Gasteiger partial charge on any atom is 0.251 e. The molecule has 0 saturated carbocycles. The summed E-state index contributed by atoms with van der Waals surface area (Å²) in [6.07, 6.45) is 5.31. The molecular weight excluding hydrogens is 278 g/mol. The van der Waals surface area contributed by atoms with Crippen molar-refractivity contribution in [3.05, 3.63) is 54.4 Å². The van der Waals surface area contributed by atoms with Gasteiger partial charge < -0.3 is 15.4 Å². The molecule has 1 aromatic carbocycles. The molecule has 0 radical (unpaired) electrons. The Morgan fingerprint density at radius 3 is 2.59 bits per heavy atom. The van der Waals surface area contributed by atoms with Crippen LogP contribution >= 0.6 is 0 Å². The van der Waals surface area contributed by atoms with Gasteiger partial charge in [0, 0.05) is 17.8 Å². The van der Waals surface area contributed by atoms with E-state index in [2.05, 4.69) is 15.6 Å². The zero-order valence-electron chi connectivity index (χ0n) is 12.3. The first-order valence-electron chi connectivity index (χ1n) is 7.51. The molecule has 0 bridgehead atoms. The van der Waals surface area contributed by atoms with Crippen molar-refractivity contribution in [1.29, 1.82) is 0 Å². The second kappa shape index (κ2) is 7.04. The second-order valence-corrected chi connectivity index (χ2v) is 5.31. The summed E-state index contributed by atoms with van der Waals surface area (Å²) in [5.74, 6) is 1.33. The molecule has 22 heavy (non-hydrogen) atoms. The highest BCUT2D eigenvalue weighted by atomic mass is 16.5. The average molecular weight is 297 g/mol. The molecule has 1 aromatic heterocycles. The Kier molecular flexibility index (Phi) is 4.65. The number of ether oxygens (including phenoxy) is 1. The maximum atomic E-state index is 12.2. The molecule has 1 saturated heterocycles. The highest BCUT2D eigenvalue weighted by Gasteiger charge is 2.16. The summed E-state index contributed by atoms with van der Waals surface area (Å²) in [4.78, 5) is 16.2. The van der Waals surface area contributed by atoms with Crippen molar-refractivity contribution < 1.29 is 9.53 Å². The minimum absolute atomic E-state index is 0.0279. The van der Waals surface area contributed by atoms with Crippen molar-refractivity contribution in [2.24, 2.45) is 0 Å². The van der Waals surface area contributed by atoms with Crippen LogP contribution in [0.25, 0.3) is 0 Å².